The molecule has 1 aromatic carbocycles. The van der Waals surface area contributed by atoms with Crippen LogP contribution in [0.15, 0.2) is 40.7 Å². The second-order valence-corrected chi connectivity index (χ2v) is 6.57. The van der Waals surface area contributed by atoms with Gasteiger partial charge in [0, 0.05) is 0 Å². The Morgan fingerprint density at radius 3 is 2.87 bits per heavy atom. The van der Waals surface area contributed by atoms with Crippen LogP contribution in [0.1, 0.15) is 39.0 Å². The van der Waals surface area contributed by atoms with Crippen molar-refractivity contribution in [2.24, 2.45) is 10.3 Å². The third-order valence-electron chi connectivity index (χ3n) is 3.50. The number of unbranched alkanes of at least 4 members (excludes halogenated alkanes) is 3. The van der Waals surface area contributed by atoms with Crippen LogP contribution in [0.25, 0.3) is 0 Å². The van der Waals surface area contributed by atoms with Crippen molar-refractivity contribution in [3.05, 3.63) is 30.3 Å². The van der Waals surface area contributed by atoms with Crippen LogP contribution >= 0.6 is 11.8 Å². The molecule has 126 valence electrons. The summed E-state index contributed by atoms with van der Waals surface area (Å²) in [6.45, 7) is 2.15. The van der Waals surface area contributed by atoms with E-state index in [1.807, 2.05) is 30.3 Å². The zero-order chi connectivity index (χ0) is 16.5. The lowest BCUT2D eigenvalue weighted by atomic mass is 10.1. The summed E-state index contributed by atoms with van der Waals surface area (Å²) in [5, 5.41) is 18.3. The molecule has 2 rings (SSSR count). The normalized spacial score (nSPS) is 18.2. The standard InChI is InChI=1S/C15H23N5O2S/c1-2-3-4-8-11-13(14(21)18-22)23-15-16-19-20(17-15)12-9-6-5-7-10-12/h5-7,9-10,13,15,17,22H,2-4,8,11H2,1H3,(H,18,21). The first-order chi connectivity index (χ1) is 11.2. The maximum Gasteiger partial charge on any atom is 0.256 e. The number of rotatable bonds is 9. The molecule has 0 aliphatic carbocycles. The van der Waals surface area contributed by atoms with Gasteiger partial charge in [0.15, 0.2) is 5.50 Å². The van der Waals surface area contributed by atoms with Crippen molar-refractivity contribution in [3.8, 4) is 0 Å². The summed E-state index contributed by atoms with van der Waals surface area (Å²) < 4.78 is 0. The summed E-state index contributed by atoms with van der Waals surface area (Å²) >= 11 is 1.36. The molecule has 7 nitrogen and oxygen atoms in total. The van der Waals surface area contributed by atoms with Gasteiger partial charge in [-0.05, 0) is 18.6 Å². The predicted octanol–water partition coefficient (Wildman–Crippen LogP) is 3.24. The maximum atomic E-state index is 11.8. The SMILES string of the molecule is CCCCCCC(SC1N=NN(c2ccccc2)N1)C(=O)NO. The van der Waals surface area contributed by atoms with Crippen LogP contribution in [0.5, 0.6) is 0 Å². The molecule has 8 heteroatoms. The van der Waals surface area contributed by atoms with E-state index in [1.165, 1.54) is 11.8 Å². The average molecular weight is 337 g/mol. The van der Waals surface area contributed by atoms with E-state index < -0.39 is 0 Å². The van der Waals surface area contributed by atoms with Crippen molar-refractivity contribution in [2.45, 2.75) is 49.8 Å². The van der Waals surface area contributed by atoms with Gasteiger partial charge < -0.3 is 0 Å². The molecule has 0 spiro atoms. The fraction of sp³-hybridized carbons (Fsp3) is 0.533. The monoisotopic (exact) mass is 337 g/mol. The van der Waals surface area contributed by atoms with Gasteiger partial charge in [0.05, 0.1) is 10.9 Å². The molecular weight excluding hydrogens is 314 g/mol. The molecule has 1 aromatic rings. The highest BCUT2D eigenvalue weighted by molar-refractivity contribution is 8.01. The lowest BCUT2D eigenvalue weighted by Crippen LogP contribution is -2.37. The number of carbonyl (C=O) groups is 1. The summed E-state index contributed by atoms with van der Waals surface area (Å²) in [6, 6.07) is 9.61. The van der Waals surface area contributed by atoms with Crippen LogP contribution in [0.3, 0.4) is 0 Å². The van der Waals surface area contributed by atoms with E-state index in [4.69, 9.17) is 5.21 Å². The Morgan fingerprint density at radius 1 is 1.39 bits per heavy atom. The van der Waals surface area contributed by atoms with Crippen LogP contribution in [0, 0.1) is 0 Å². The largest absolute Gasteiger partial charge is 0.289 e. The number of nitrogens with one attached hydrogen (secondary N) is 2. The molecule has 23 heavy (non-hydrogen) atoms. The molecule has 0 radical (unpaired) electrons. The zero-order valence-corrected chi connectivity index (χ0v) is 14.0. The number of hydrazine groups is 1. The number of amides is 1. The van der Waals surface area contributed by atoms with Crippen molar-refractivity contribution in [2.75, 3.05) is 5.12 Å². The fourth-order valence-electron chi connectivity index (χ4n) is 2.25. The Hall–Kier alpha value is -1.64. The zero-order valence-electron chi connectivity index (χ0n) is 13.2. The minimum Gasteiger partial charge on any atom is -0.289 e. The molecule has 1 amide bonds. The lowest BCUT2D eigenvalue weighted by Gasteiger charge is -2.18. The molecule has 2 atom stereocenters. The quantitative estimate of drug-likeness (QED) is 0.366. The molecule has 1 aliphatic rings. The fourth-order valence-corrected chi connectivity index (χ4v) is 3.30. The van der Waals surface area contributed by atoms with E-state index in [1.54, 1.807) is 10.6 Å². The number of carbonyl (C=O) groups excluding carboxylic acids is 1. The van der Waals surface area contributed by atoms with Crippen molar-refractivity contribution >= 4 is 23.4 Å². The van der Waals surface area contributed by atoms with Gasteiger partial charge >= 0.3 is 0 Å². The first-order valence-electron chi connectivity index (χ1n) is 7.86. The van der Waals surface area contributed by atoms with Crippen LogP contribution < -0.4 is 16.0 Å². The topological polar surface area (TPSA) is 89.3 Å². The number of thioether (sulfide) groups is 1. The van der Waals surface area contributed by atoms with Gasteiger partial charge in [-0.1, -0.05) is 56.0 Å². The molecule has 2 unspecified atom stereocenters. The molecule has 0 bridgehead atoms. The van der Waals surface area contributed by atoms with Gasteiger partial charge in [0.1, 0.15) is 0 Å². The minimum atomic E-state index is -0.387. The molecule has 0 saturated carbocycles. The number of anilines is 1. The van der Waals surface area contributed by atoms with E-state index in [2.05, 4.69) is 22.7 Å². The second kappa shape index (κ2) is 9.49. The van der Waals surface area contributed by atoms with Gasteiger partial charge in [-0.2, -0.15) is 10.5 Å². The highest BCUT2D eigenvalue weighted by Crippen LogP contribution is 2.27. The Balaban J connectivity index is 1.85. The predicted molar refractivity (Wildman–Crippen MR) is 90.8 cm³/mol. The smallest absolute Gasteiger partial charge is 0.256 e. The lowest BCUT2D eigenvalue weighted by molar-refractivity contribution is -0.128. The number of hydrogen-bond donors (Lipinski definition) is 3. The Morgan fingerprint density at radius 2 is 2.17 bits per heavy atom. The third kappa shape index (κ3) is 5.49. The highest BCUT2D eigenvalue weighted by atomic mass is 32.2. The van der Waals surface area contributed by atoms with Crippen LogP contribution in [0.2, 0.25) is 0 Å². The van der Waals surface area contributed by atoms with Crippen molar-refractivity contribution in [1.82, 2.24) is 10.9 Å². The Labute approximate surface area is 140 Å². The van der Waals surface area contributed by atoms with Crippen LogP contribution in [0.4, 0.5) is 5.69 Å². The third-order valence-corrected chi connectivity index (χ3v) is 4.73. The summed E-state index contributed by atoms with van der Waals surface area (Å²) in [7, 11) is 0. The molecule has 0 aromatic heterocycles. The molecule has 3 N–H and O–H groups in total. The Bertz CT molecular complexity index is 514. The summed E-state index contributed by atoms with van der Waals surface area (Å²) in [4.78, 5) is 11.8. The molecule has 1 aliphatic heterocycles. The van der Waals surface area contributed by atoms with E-state index in [-0.39, 0.29) is 16.7 Å². The van der Waals surface area contributed by atoms with Crippen LogP contribution in [-0.4, -0.2) is 21.9 Å². The molecule has 1 heterocycles. The van der Waals surface area contributed by atoms with Crippen molar-refractivity contribution in [3.63, 3.8) is 0 Å². The molecular formula is C15H23N5O2S. The first kappa shape index (κ1) is 17.7. The number of para-hydroxylation sites is 1. The maximum absolute atomic E-state index is 11.8. The number of hydrogen-bond acceptors (Lipinski definition) is 7. The van der Waals surface area contributed by atoms with Gasteiger partial charge in [-0.15, -0.1) is 16.9 Å². The van der Waals surface area contributed by atoms with E-state index in [0.29, 0.717) is 6.42 Å². The summed E-state index contributed by atoms with van der Waals surface area (Å²) in [6.07, 6.45) is 5.04. The number of hydroxylamine groups is 1. The van der Waals surface area contributed by atoms with Crippen LogP contribution in [-0.2, 0) is 4.79 Å². The van der Waals surface area contributed by atoms with Crippen molar-refractivity contribution < 1.29 is 10.0 Å². The molecule has 0 saturated heterocycles. The van der Waals surface area contributed by atoms with Gasteiger partial charge in [0.25, 0.3) is 5.91 Å². The minimum absolute atomic E-state index is 0.344. The van der Waals surface area contributed by atoms with E-state index in [9.17, 15) is 4.79 Å². The van der Waals surface area contributed by atoms with Crippen molar-refractivity contribution in [1.29, 1.82) is 0 Å². The Kier molecular flexibility index (Phi) is 7.31. The number of benzene rings is 1. The highest BCUT2D eigenvalue weighted by Gasteiger charge is 2.27. The van der Waals surface area contributed by atoms with Gasteiger partial charge in [-0.3, -0.25) is 10.0 Å². The summed E-state index contributed by atoms with van der Waals surface area (Å²) in [5.74, 6) is -0.387. The van der Waals surface area contributed by atoms with Gasteiger partial charge in [0.2, 0.25) is 0 Å². The molecule has 0 fully saturated rings. The van der Waals surface area contributed by atoms with E-state index >= 15 is 0 Å². The summed E-state index contributed by atoms with van der Waals surface area (Å²) in [5.41, 5.74) is 5.41. The van der Waals surface area contributed by atoms with Gasteiger partial charge in [-0.25, -0.2) is 5.48 Å². The second-order valence-electron chi connectivity index (χ2n) is 5.28. The number of nitrogens with zero attached hydrogens (tertiary/aromatic N) is 3. The average Bonchev–Trinajstić information content (AvgIpc) is 3.06. The van der Waals surface area contributed by atoms with E-state index in [0.717, 1.165) is 31.4 Å². The first-order valence-corrected chi connectivity index (χ1v) is 8.80.